The molecule has 0 aliphatic carbocycles. The van der Waals surface area contributed by atoms with Gasteiger partial charge in [0.15, 0.2) is 0 Å². The zero-order valence-electron chi connectivity index (χ0n) is 12.5. The normalized spacial score (nSPS) is 33.0. The molecule has 2 aliphatic heterocycles. The van der Waals surface area contributed by atoms with E-state index in [0.717, 1.165) is 6.42 Å². The number of carbonyl (C=O) groups is 2. The number of piperidine rings is 1. The minimum atomic E-state index is -0.751. The molecule has 2 bridgehead atoms. The van der Waals surface area contributed by atoms with Gasteiger partial charge in [0.2, 0.25) is 0 Å². The molecule has 0 saturated carbocycles. The molecule has 114 valence electrons. The summed E-state index contributed by atoms with van der Waals surface area (Å²) in [5, 5.41) is 10.1. The molecular weight excluding hydrogens is 262 g/mol. The first kappa shape index (κ1) is 15.1. The lowest BCUT2D eigenvalue weighted by Crippen LogP contribution is -2.56. The number of hydrogen-bond acceptors (Lipinski definition) is 5. The van der Waals surface area contributed by atoms with Crippen LogP contribution in [0.5, 0.6) is 0 Å². The van der Waals surface area contributed by atoms with Crippen LogP contribution in [-0.4, -0.2) is 53.0 Å². The predicted molar refractivity (Wildman–Crippen MR) is 71.0 cm³/mol. The van der Waals surface area contributed by atoms with Crippen LogP contribution in [-0.2, 0) is 14.3 Å². The molecule has 0 aromatic carbocycles. The molecular formula is C14H23NO5. The van der Waals surface area contributed by atoms with Crippen molar-refractivity contribution < 1.29 is 24.2 Å². The van der Waals surface area contributed by atoms with Crippen LogP contribution in [0.4, 0.5) is 4.79 Å². The maximum Gasteiger partial charge on any atom is 0.410 e. The number of methoxy groups -OCH3 is 1. The number of fused-ring (bicyclic) bond motifs is 2. The molecule has 20 heavy (non-hydrogen) atoms. The Labute approximate surface area is 119 Å². The average molecular weight is 285 g/mol. The van der Waals surface area contributed by atoms with E-state index in [1.807, 2.05) is 20.8 Å². The quantitative estimate of drug-likeness (QED) is 0.735. The molecule has 0 aromatic heterocycles. The topological polar surface area (TPSA) is 76.1 Å². The van der Waals surface area contributed by atoms with Crippen molar-refractivity contribution in [2.75, 3.05) is 7.11 Å². The highest BCUT2D eigenvalue weighted by atomic mass is 16.6. The Morgan fingerprint density at radius 2 is 1.90 bits per heavy atom. The van der Waals surface area contributed by atoms with E-state index in [1.165, 1.54) is 7.11 Å². The molecule has 6 nitrogen and oxygen atoms in total. The summed E-state index contributed by atoms with van der Waals surface area (Å²) in [6.45, 7) is 5.43. The fourth-order valence-electron chi connectivity index (χ4n) is 3.23. The second-order valence-electron chi connectivity index (χ2n) is 6.54. The number of aliphatic hydroxyl groups excluding tert-OH is 1. The highest BCUT2D eigenvalue weighted by molar-refractivity contribution is 5.77. The van der Waals surface area contributed by atoms with Crippen molar-refractivity contribution in [3.63, 3.8) is 0 Å². The number of hydrogen-bond donors (Lipinski definition) is 1. The predicted octanol–water partition coefficient (Wildman–Crippen LogP) is 1.31. The molecule has 1 amide bonds. The summed E-state index contributed by atoms with van der Waals surface area (Å²) in [4.78, 5) is 25.8. The summed E-state index contributed by atoms with van der Waals surface area (Å²) >= 11 is 0. The Kier molecular flexibility index (Phi) is 3.95. The summed E-state index contributed by atoms with van der Waals surface area (Å²) in [7, 11) is 1.30. The van der Waals surface area contributed by atoms with Gasteiger partial charge in [-0.3, -0.25) is 4.79 Å². The first-order chi connectivity index (χ1) is 9.24. The molecule has 0 spiro atoms. The molecule has 0 aromatic rings. The van der Waals surface area contributed by atoms with E-state index in [4.69, 9.17) is 9.47 Å². The van der Waals surface area contributed by atoms with Crippen LogP contribution in [0.15, 0.2) is 0 Å². The molecule has 2 unspecified atom stereocenters. The molecule has 4 atom stereocenters. The Bertz CT molecular complexity index is 403. The van der Waals surface area contributed by atoms with Crippen molar-refractivity contribution in [3.05, 3.63) is 0 Å². The van der Waals surface area contributed by atoms with Gasteiger partial charge in [0.05, 0.1) is 19.3 Å². The standard InChI is InChI=1S/C14H23NO5/c1-14(2,3)20-13(18)15-8-5-6-9(15)11(10(16)7-8)12(17)19-4/h8-11,16H,5-7H2,1-4H3/t8?,9?,10-,11+/m1/s1. The van der Waals surface area contributed by atoms with E-state index in [-0.39, 0.29) is 12.1 Å². The Morgan fingerprint density at radius 1 is 1.25 bits per heavy atom. The fourth-order valence-corrected chi connectivity index (χ4v) is 3.23. The third-order valence-electron chi connectivity index (χ3n) is 3.97. The number of carbonyl (C=O) groups excluding carboxylic acids is 2. The van der Waals surface area contributed by atoms with Gasteiger partial charge in [-0.15, -0.1) is 0 Å². The van der Waals surface area contributed by atoms with Crippen LogP contribution < -0.4 is 0 Å². The highest BCUT2D eigenvalue weighted by Crippen LogP contribution is 2.40. The van der Waals surface area contributed by atoms with Gasteiger partial charge in [0.25, 0.3) is 0 Å². The SMILES string of the molecule is COC(=O)[C@H]1C2CCC(C[C@H]1O)N2C(=O)OC(C)(C)C. The van der Waals surface area contributed by atoms with E-state index in [2.05, 4.69) is 0 Å². The molecule has 2 saturated heterocycles. The maximum atomic E-state index is 12.3. The van der Waals surface area contributed by atoms with Crippen molar-refractivity contribution >= 4 is 12.1 Å². The van der Waals surface area contributed by atoms with E-state index in [1.54, 1.807) is 4.90 Å². The maximum absolute atomic E-state index is 12.3. The summed E-state index contributed by atoms with van der Waals surface area (Å²) < 4.78 is 10.2. The number of aliphatic hydroxyl groups is 1. The molecule has 2 rings (SSSR count). The molecule has 0 radical (unpaired) electrons. The zero-order chi connectivity index (χ0) is 15.1. The third kappa shape index (κ3) is 2.75. The Morgan fingerprint density at radius 3 is 2.45 bits per heavy atom. The molecule has 6 heteroatoms. The van der Waals surface area contributed by atoms with E-state index in [0.29, 0.717) is 12.8 Å². The first-order valence-electron chi connectivity index (χ1n) is 7.02. The van der Waals surface area contributed by atoms with Gasteiger partial charge in [0, 0.05) is 6.04 Å². The van der Waals surface area contributed by atoms with E-state index >= 15 is 0 Å². The van der Waals surface area contributed by atoms with Crippen LogP contribution >= 0.6 is 0 Å². The third-order valence-corrected chi connectivity index (χ3v) is 3.97. The summed E-state index contributed by atoms with van der Waals surface area (Å²) in [6, 6.07) is -0.378. The number of amides is 1. The van der Waals surface area contributed by atoms with Gasteiger partial charge in [-0.05, 0) is 40.0 Å². The Balaban J connectivity index is 2.19. The largest absolute Gasteiger partial charge is 0.469 e. The second-order valence-corrected chi connectivity index (χ2v) is 6.54. The van der Waals surface area contributed by atoms with Crippen LogP contribution in [0.3, 0.4) is 0 Å². The van der Waals surface area contributed by atoms with Gasteiger partial charge >= 0.3 is 12.1 Å². The number of nitrogens with zero attached hydrogens (tertiary/aromatic N) is 1. The molecule has 2 heterocycles. The summed E-state index contributed by atoms with van der Waals surface area (Å²) in [6.07, 6.45) is 0.717. The van der Waals surface area contributed by atoms with Gasteiger partial charge < -0.3 is 19.5 Å². The van der Waals surface area contributed by atoms with Crippen LogP contribution in [0, 0.1) is 5.92 Å². The highest BCUT2D eigenvalue weighted by Gasteiger charge is 2.53. The fraction of sp³-hybridized carbons (Fsp3) is 0.857. The number of ether oxygens (including phenoxy) is 2. The Hall–Kier alpha value is -1.30. The number of esters is 1. The van der Waals surface area contributed by atoms with Crippen LogP contribution in [0.2, 0.25) is 0 Å². The van der Waals surface area contributed by atoms with Crippen molar-refractivity contribution in [1.82, 2.24) is 4.90 Å². The summed E-state index contributed by atoms with van der Waals surface area (Å²) in [5.41, 5.74) is -0.576. The average Bonchev–Trinajstić information content (AvgIpc) is 2.63. The zero-order valence-corrected chi connectivity index (χ0v) is 12.5. The smallest absolute Gasteiger partial charge is 0.410 e. The van der Waals surface area contributed by atoms with Crippen LogP contribution in [0.1, 0.15) is 40.0 Å². The van der Waals surface area contributed by atoms with Crippen molar-refractivity contribution in [2.24, 2.45) is 5.92 Å². The van der Waals surface area contributed by atoms with Crippen molar-refractivity contribution in [3.8, 4) is 0 Å². The van der Waals surface area contributed by atoms with Crippen molar-refractivity contribution in [1.29, 1.82) is 0 Å². The lowest BCUT2D eigenvalue weighted by Gasteiger charge is -2.41. The molecule has 2 fully saturated rings. The molecule has 1 N–H and O–H groups in total. The number of rotatable bonds is 1. The monoisotopic (exact) mass is 285 g/mol. The first-order valence-corrected chi connectivity index (χ1v) is 7.02. The van der Waals surface area contributed by atoms with Crippen molar-refractivity contribution in [2.45, 2.75) is 63.8 Å². The van der Waals surface area contributed by atoms with Gasteiger partial charge in [-0.2, -0.15) is 0 Å². The van der Waals surface area contributed by atoms with E-state index < -0.39 is 29.7 Å². The van der Waals surface area contributed by atoms with Gasteiger partial charge in [-0.1, -0.05) is 0 Å². The summed E-state index contributed by atoms with van der Waals surface area (Å²) in [5.74, 6) is -1.14. The van der Waals surface area contributed by atoms with Gasteiger partial charge in [0.1, 0.15) is 11.5 Å². The van der Waals surface area contributed by atoms with E-state index in [9.17, 15) is 14.7 Å². The lowest BCUT2D eigenvalue weighted by atomic mass is 9.87. The minimum Gasteiger partial charge on any atom is -0.469 e. The van der Waals surface area contributed by atoms with Crippen LogP contribution in [0.25, 0.3) is 0 Å². The second kappa shape index (κ2) is 5.24. The van der Waals surface area contributed by atoms with Gasteiger partial charge in [-0.25, -0.2) is 4.79 Å². The lowest BCUT2D eigenvalue weighted by molar-refractivity contribution is -0.155. The molecule has 2 aliphatic rings. The minimum absolute atomic E-state index is 0.0502.